The van der Waals surface area contributed by atoms with E-state index in [4.69, 9.17) is 44.3 Å². The van der Waals surface area contributed by atoms with E-state index in [1.165, 1.54) is 24.2 Å². The van der Waals surface area contributed by atoms with Crippen LogP contribution in [0.3, 0.4) is 0 Å². The summed E-state index contributed by atoms with van der Waals surface area (Å²) in [5.74, 6) is 0. The lowest BCUT2D eigenvalue weighted by Crippen LogP contribution is -2.36. The van der Waals surface area contributed by atoms with Gasteiger partial charge in [0, 0.05) is 82.0 Å². The summed E-state index contributed by atoms with van der Waals surface area (Å²) in [6.45, 7) is 2.38. The molecule has 0 fully saturated rings. The van der Waals surface area contributed by atoms with Crippen molar-refractivity contribution in [3.63, 3.8) is 0 Å². The third-order valence-corrected chi connectivity index (χ3v) is 4.76. The molecule has 0 heterocycles. The summed E-state index contributed by atoms with van der Waals surface area (Å²) in [4.78, 5) is 30.6. The van der Waals surface area contributed by atoms with Gasteiger partial charge in [-0.25, -0.2) is 10.1 Å². The van der Waals surface area contributed by atoms with Crippen molar-refractivity contribution in [3.05, 3.63) is 24.6 Å². The van der Waals surface area contributed by atoms with Gasteiger partial charge in [-0.2, -0.15) is 35.1 Å². The summed E-state index contributed by atoms with van der Waals surface area (Å²) in [6, 6.07) is 0. The van der Waals surface area contributed by atoms with Crippen molar-refractivity contribution in [3.8, 4) is 0 Å². The lowest BCUT2D eigenvalue weighted by Gasteiger charge is -2.24. The van der Waals surface area contributed by atoms with Crippen LogP contribution in [-0.4, -0.2) is 125 Å². The molecule has 18 heteroatoms. The molecular weight excluding hydrogens is 558 g/mol. The molecule has 0 aromatic heterocycles. The van der Waals surface area contributed by atoms with Gasteiger partial charge in [0.05, 0.1) is 13.5 Å². The van der Waals surface area contributed by atoms with Crippen LogP contribution >= 0.6 is 0 Å². The molecule has 0 aliphatic heterocycles. The first-order valence-electron chi connectivity index (χ1n) is 13.9. The highest BCUT2D eigenvalue weighted by molar-refractivity contribution is 4.77. The van der Waals surface area contributed by atoms with E-state index < -0.39 is 0 Å². The van der Waals surface area contributed by atoms with Gasteiger partial charge in [0.25, 0.3) is 0 Å². The smallest absolute Gasteiger partial charge is 0.0982 e. The van der Waals surface area contributed by atoms with Crippen molar-refractivity contribution < 1.29 is 44.3 Å². The van der Waals surface area contributed by atoms with Crippen LogP contribution in [0.1, 0.15) is 51.4 Å². The highest BCUT2D eigenvalue weighted by Crippen LogP contribution is 2.04. The zero-order chi connectivity index (χ0) is 31.4. The van der Waals surface area contributed by atoms with Crippen LogP contribution in [0.25, 0.3) is 0 Å². The van der Waals surface area contributed by atoms with Gasteiger partial charge in [-0.1, -0.05) is 25.0 Å². The van der Waals surface area contributed by atoms with E-state index in [1.54, 1.807) is 48.5 Å². The predicted octanol–water partition coefficient (Wildman–Crippen LogP) is 1.88. The van der Waals surface area contributed by atoms with Crippen molar-refractivity contribution in [1.82, 2.24) is 47.1 Å². The molecule has 0 aliphatic rings. The third kappa shape index (κ3) is 28.6. The molecule has 0 saturated carbocycles. The molecule has 0 unspecified atom stereocenters. The van der Waals surface area contributed by atoms with Gasteiger partial charge in [0.1, 0.15) is 0 Å². The second-order valence-corrected chi connectivity index (χ2v) is 8.84. The van der Waals surface area contributed by atoms with E-state index in [2.05, 4.69) is 10.8 Å². The maximum absolute atomic E-state index is 8.96. The average Bonchev–Trinajstić information content (AvgIpc) is 2.89. The molecule has 18 nitrogen and oxygen atoms in total. The molecule has 0 bridgehead atoms. The number of ether oxygens (including phenoxy) is 2. The number of nitrogens with one attached hydrogen (secondary N) is 2. The summed E-state index contributed by atoms with van der Waals surface area (Å²) < 4.78 is 11.2. The van der Waals surface area contributed by atoms with Crippen molar-refractivity contribution in [2.45, 2.75) is 51.4 Å². The molecule has 0 aliphatic carbocycles. The minimum Gasteiger partial charge on any atom is -0.366 e. The van der Waals surface area contributed by atoms with Crippen molar-refractivity contribution in [1.29, 1.82) is 0 Å². The fourth-order valence-corrected chi connectivity index (χ4v) is 3.16. The second-order valence-electron chi connectivity index (χ2n) is 8.84. The van der Waals surface area contributed by atoms with Gasteiger partial charge < -0.3 is 9.47 Å². The first-order chi connectivity index (χ1) is 20.1. The number of unbranched alkanes of at least 4 members (excludes halogenated alkanes) is 6. The summed E-state index contributed by atoms with van der Waals surface area (Å²) in [7, 11) is 12.6. The molecule has 0 atom stereocenters. The van der Waals surface area contributed by atoms with Gasteiger partial charge in [-0.3, -0.25) is 10.5 Å². The van der Waals surface area contributed by atoms with Gasteiger partial charge in [0.15, 0.2) is 0 Å². The fraction of sp³-hybridized carbons (Fsp3) is 0.833. The van der Waals surface area contributed by atoms with Crippen LogP contribution < -0.4 is 10.8 Å². The Hall–Kier alpha value is -1.56. The normalized spacial score (nSPS) is 12.5. The van der Waals surface area contributed by atoms with E-state index in [1.807, 2.05) is 18.4 Å². The number of hydrogen-bond acceptors (Lipinski definition) is 18. The van der Waals surface area contributed by atoms with E-state index in [0.29, 0.717) is 31.9 Å². The van der Waals surface area contributed by atoms with E-state index >= 15 is 0 Å². The summed E-state index contributed by atoms with van der Waals surface area (Å²) >= 11 is 0. The zero-order valence-electron chi connectivity index (χ0n) is 26.6. The fourth-order valence-electron chi connectivity index (χ4n) is 3.16. The number of nitrogens with zero attached hydrogens (tertiary/aromatic N) is 7. The van der Waals surface area contributed by atoms with Crippen molar-refractivity contribution in [2.24, 2.45) is 0 Å². The van der Waals surface area contributed by atoms with Gasteiger partial charge in [0.2, 0.25) is 0 Å². The molecule has 0 rings (SSSR count). The summed E-state index contributed by atoms with van der Waals surface area (Å²) in [6.07, 6.45) is 15.8. The lowest BCUT2D eigenvalue weighted by atomic mass is 10.2. The molecule has 0 aromatic rings. The zero-order valence-corrected chi connectivity index (χ0v) is 26.6. The molecule has 0 radical (unpaired) electrons. The minimum absolute atomic E-state index is 0.478. The Kier molecular flexibility index (Phi) is 27.2. The van der Waals surface area contributed by atoms with E-state index in [0.717, 1.165) is 72.3 Å². The molecule has 3 N–H and O–H groups in total. The summed E-state index contributed by atoms with van der Waals surface area (Å²) in [5, 5.41) is 19.9. The quantitative estimate of drug-likeness (QED) is 0.0616. The van der Waals surface area contributed by atoms with E-state index in [9.17, 15) is 0 Å². The van der Waals surface area contributed by atoms with Gasteiger partial charge in [-0.05, 0) is 64.7 Å². The Bertz CT molecular complexity index is 657. The molecule has 0 aromatic carbocycles. The topological polar surface area (TPSA) is 141 Å². The average molecular weight is 614 g/mol. The van der Waals surface area contributed by atoms with Crippen molar-refractivity contribution >= 4 is 0 Å². The molecule has 250 valence electrons. The first-order valence-corrected chi connectivity index (χ1v) is 13.9. The maximum atomic E-state index is 8.96. The number of hydroxylamine groups is 15. The molecule has 0 saturated heterocycles. The number of allylic oxidation sites excluding steroid dienone is 2. The molecule has 42 heavy (non-hydrogen) atoms. The Balaban J connectivity index is 3.47. The van der Waals surface area contributed by atoms with Crippen LogP contribution in [0.15, 0.2) is 24.6 Å². The Morgan fingerprint density at radius 1 is 0.571 bits per heavy atom. The second kappa shape index (κ2) is 28.2. The minimum atomic E-state index is 0.478. The van der Waals surface area contributed by atoms with Crippen LogP contribution in [0, 0.1) is 0 Å². The van der Waals surface area contributed by atoms with Crippen molar-refractivity contribution in [2.75, 3.05) is 83.1 Å². The summed E-state index contributed by atoms with van der Waals surface area (Å²) in [5.41, 5.74) is 2.48. The molecular formula is C24H55N9O9. The van der Waals surface area contributed by atoms with Crippen LogP contribution in [-0.2, 0) is 39.1 Å². The largest absolute Gasteiger partial charge is 0.366 e. The Morgan fingerprint density at radius 2 is 1.02 bits per heavy atom. The molecule has 0 spiro atoms. The van der Waals surface area contributed by atoms with Gasteiger partial charge in [-0.15, -0.1) is 0 Å². The maximum Gasteiger partial charge on any atom is 0.0982 e. The third-order valence-electron chi connectivity index (χ3n) is 4.76. The Labute approximate surface area is 250 Å². The Morgan fingerprint density at radius 3 is 1.48 bits per heavy atom. The highest BCUT2D eigenvalue weighted by atomic mass is 17.2. The highest BCUT2D eigenvalue weighted by Gasteiger charge is 2.09. The SMILES string of the molecule is CNON(C)ON(C)ON(C)/C=C/CCCCCOCNCOCCCCC/C=C/N(C)ON(C)ON(C)ON(C)O. The monoisotopic (exact) mass is 613 g/mol. The lowest BCUT2D eigenvalue weighted by molar-refractivity contribution is -0.595. The number of rotatable bonds is 30. The predicted molar refractivity (Wildman–Crippen MR) is 152 cm³/mol. The number of hydrogen-bond donors (Lipinski definition) is 3. The van der Waals surface area contributed by atoms with Gasteiger partial charge >= 0.3 is 0 Å². The molecule has 0 amide bonds. The van der Waals surface area contributed by atoms with E-state index in [-0.39, 0.29) is 0 Å². The van der Waals surface area contributed by atoms with Crippen LogP contribution in [0.5, 0.6) is 0 Å². The standard InChI is InChI=1S/C24H55N9O9/c1-25-37-30(5)41-31(6)38-27(2)19-15-11-9-13-17-21-35-23-26-24-36-22-18-14-10-12-16-20-28(3)39-32(7)42-33(8)40-29(4)34/h15-16,19-20,25-26,34H,9-14,17-18,21-24H2,1-8H3/b19-15+,20-16+. The first kappa shape index (κ1) is 40.4. The van der Waals surface area contributed by atoms with Crippen LogP contribution in [0.4, 0.5) is 0 Å². The van der Waals surface area contributed by atoms with Crippen LogP contribution in [0.2, 0.25) is 0 Å².